The van der Waals surface area contributed by atoms with Crippen LogP contribution in [0.3, 0.4) is 0 Å². The quantitative estimate of drug-likeness (QED) is 0.914. The maximum Gasteiger partial charge on any atom is 0.416 e. The number of halogens is 4. The van der Waals surface area contributed by atoms with Crippen LogP contribution >= 0.6 is 11.6 Å². The molecule has 0 saturated carbocycles. The SMILES string of the molecule is COCC(=O)Nc1cc(C(F)(F)F)ccc1Cl. The van der Waals surface area contributed by atoms with Gasteiger partial charge in [-0.3, -0.25) is 4.79 Å². The van der Waals surface area contributed by atoms with Gasteiger partial charge in [0.25, 0.3) is 0 Å². The van der Waals surface area contributed by atoms with Gasteiger partial charge in [-0.25, -0.2) is 0 Å². The minimum atomic E-state index is -4.48. The Balaban J connectivity index is 2.95. The maximum atomic E-state index is 12.4. The fourth-order valence-corrected chi connectivity index (χ4v) is 1.28. The molecule has 0 aliphatic rings. The van der Waals surface area contributed by atoms with Crippen molar-refractivity contribution in [1.82, 2.24) is 0 Å². The van der Waals surface area contributed by atoms with E-state index in [-0.39, 0.29) is 17.3 Å². The molecule has 94 valence electrons. The standard InChI is InChI=1S/C10H9ClF3NO2/c1-17-5-9(16)15-8-4-6(10(12,13)14)2-3-7(8)11/h2-4H,5H2,1H3,(H,15,16). The molecule has 0 aliphatic carbocycles. The largest absolute Gasteiger partial charge is 0.416 e. The molecule has 0 aromatic heterocycles. The van der Waals surface area contributed by atoms with Crippen molar-refractivity contribution >= 4 is 23.2 Å². The molecule has 0 saturated heterocycles. The minimum Gasteiger partial charge on any atom is -0.375 e. The van der Waals surface area contributed by atoms with E-state index < -0.39 is 17.6 Å². The second-order valence-electron chi connectivity index (χ2n) is 3.17. The molecule has 0 radical (unpaired) electrons. The van der Waals surface area contributed by atoms with Crippen LogP contribution in [0.4, 0.5) is 18.9 Å². The van der Waals surface area contributed by atoms with Gasteiger partial charge in [-0.1, -0.05) is 11.6 Å². The van der Waals surface area contributed by atoms with E-state index in [0.717, 1.165) is 18.2 Å². The summed E-state index contributed by atoms with van der Waals surface area (Å²) in [4.78, 5) is 11.1. The lowest BCUT2D eigenvalue weighted by Crippen LogP contribution is -2.18. The topological polar surface area (TPSA) is 38.3 Å². The van der Waals surface area contributed by atoms with E-state index in [0.29, 0.717) is 0 Å². The number of amides is 1. The molecule has 0 heterocycles. The van der Waals surface area contributed by atoms with E-state index >= 15 is 0 Å². The first-order chi connectivity index (χ1) is 7.84. The monoisotopic (exact) mass is 267 g/mol. The molecule has 0 aliphatic heterocycles. The number of alkyl halides is 3. The van der Waals surface area contributed by atoms with Crippen molar-refractivity contribution in [3.63, 3.8) is 0 Å². The molecule has 1 amide bonds. The van der Waals surface area contributed by atoms with Crippen LogP contribution < -0.4 is 5.32 Å². The van der Waals surface area contributed by atoms with Crippen molar-refractivity contribution in [1.29, 1.82) is 0 Å². The molecule has 0 fully saturated rings. The van der Waals surface area contributed by atoms with Gasteiger partial charge in [-0.05, 0) is 18.2 Å². The number of carbonyl (C=O) groups is 1. The average Bonchev–Trinajstić information content (AvgIpc) is 2.20. The summed E-state index contributed by atoms with van der Waals surface area (Å²) >= 11 is 5.67. The summed E-state index contributed by atoms with van der Waals surface area (Å²) in [5, 5.41) is 2.26. The van der Waals surface area contributed by atoms with Crippen LogP contribution in [0.15, 0.2) is 18.2 Å². The Morgan fingerprint density at radius 1 is 1.47 bits per heavy atom. The van der Waals surface area contributed by atoms with Gasteiger partial charge >= 0.3 is 6.18 Å². The van der Waals surface area contributed by atoms with Crippen LogP contribution in [0.25, 0.3) is 0 Å². The zero-order chi connectivity index (χ0) is 13.1. The van der Waals surface area contributed by atoms with E-state index in [4.69, 9.17) is 11.6 Å². The molecule has 0 spiro atoms. The smallest absolute Gasteiger partial charge is 0.375 e. The Kier molecular flexibility index (Phi) is 4.36. The third-order valence-electron chi connectivity index (χ3n) is 1.84. The van der Waals surface area contributed by atoms with Gasteiger partial charge in [0.2, 0.25) is 5.91 Å². The first kappa shape index (κ1) is 13.8. The van der Waals surface area contributed by atoms with E-state index in [9.17, 15) is 18.0 Å². The zero-order valence-electron chi connectivity index (χ0n) is 8.77. The minimum absolute atomic E-state index is 0.0300. The maximum absolute atomic E-state index is 12.4. The number of rotatable bonds is 3. The van der Waals surface area contributed by atoms with Gasteiger partial charge in [0.05, 0.1) is 16.3 Å². The number of hydrogen-bond donors (Lipinski definition) is 1. The van der Waals surface area contributed by atoms with Gasteiger partial charge in [0.1, 0.15) is 6.61 Å². The highest BCUT2D eigenvalue weighted by molar-refractivity contribution is 6.33. The molecule has 7 heteroatoms. The molecule has 1 aromatic carbocycles. The summed E-state index contributed by atoms with van der Waals surface area (Å²) in [7, 11) is 1.30. The predicted octanol–water partition coefficient (Wildman–Crippen LogP) is 2.94. The normalized spacial score (nSPS) is 11.4. The van der Waals surface area contributed by atoms with Crippen molar-refractivity contribution in [3.05, 3.63) is 28.8 Å². The molecule has 17 heavy (non-hydrogen) atoms. The number of hydrogen-bond acceptors (Lipinski definition) is 2. The highest BCUT2D eigenvalue weighted by atomic mass is 35.5. The Morgan fingerprint density at radius 2 is 2.12 bits per heavy atom. The highest BCUT2D eigenvalue weighted by Gasteiger charge is 2.31. The Morgan fingerprint density at radius 3 is 2.65 bits per heavy atom. The van der Waals surface area contributed by atoms with Gasteiger partial charge in [-0.15, -0.1) is 0 Å². The third kappa shape index (κ3) is 3.90. The van der Waals surface area contributed by atoms with Crippen LogP contribution in [0, 0.1) is 0 Å². The molecule has 0 bridgehead atoms. The lowest BCUT2D eigenvalue weighted by Gasteiger charge is -2.11. The van der Waals surface area contributed by atoms with Crippen molar-refractivity contribution < 1.29 is 22.7 Å². The third-order valence-corrected chi connectivity index (χ3v) is 2.17. The molecule has 3 nitrogen and oxygen atoms in total. The van der Waals surface area contributed by atoms with Crippen molar-refractivity contribution in [3.8, 4) is 0 Å². The predicted molar refractivity (Wildman–Crippen MR) is 57.0 cm³/mol. The first-order valence-electron chi connectivity index (χ1n) is 4.50. The molecule has 0 unspecified atom stereocenters. The summed E-state index contributed by atoms with van der Waals surface area (Å²) < 4.78 is 41.7. The number of carbonyl (C=O) groups excluding carboxylic acids is 1. The van der Waals surface area contributed by atoms with E-state index in [1.54, 1.807) is 0 Å². The summed E-state index contributed by atoms with van der Waals surface area (Å²) in [5.41, 5.74) is -0.974. The lowest BCUT2D eigenvalue weighted by atomic mass is 10.2. The van der Waals surface area contributed by atoms with Crippen LogP contribution in [-0.2, 0) is 15.7 Å². The number of methoxy groups -OCH3 is 1. The molecule has 0 atom stereocenters. The second kappa shape index (κ2) is 5.37. The molecule has 1 aromatic rings. The zero-order valence-corrected chi connectivity index (χ0v) is 9.52. The fraction of sp³-hybridized carbons (Fsp3) is 0.300. The van der Waals surface area contributed by atoms with E-state index in [2.05, 4.69) is 10.1 Å². The van der Waals surface area contributed by atoms with Gasteiger partial charge < -0.3 is 10.1 Å². The summed E-state index contributed by atoms with van der Waals surface area (Å²) in [5.74, 6) is -0.575. The Hall–Kier alpha value is -1.27. The lowest BCUT2D eigenvalue weighted by molar-refractivity contribution is -0.137. The number of nitrogens with one attached hydrogen (secondary N) is 1. The number of ether oxygens (including phenoxy) is 1. The van der Waals surface area contributed by atoms with Gasteiger partial charge in [0, 0.05) is 7.11 Å². The summed E-state index contributed by atoms with van der Waals surface area (Å²) in [6.07, 6.45) is -4.48. The first-order valence-corrected chi connectivity index (χ1v) is 4.88. The van der Waals surface area contributed by atoms with Crippen molar-refractivity contribution in [2.45, 2.75) is 6.18 Å². The number of anilines is 1. The molecular weight excluding hydrogens is 259 g/mol. The fourth-order valence-electron chi connectivity index (χ4n) is 1.11. The molecule has 1 N–H and O–H groups in total. The molecule has 1 rings (SSSR count). The highest BCUT2D eigenvalue weighted by Crippen LogP contribution is 2.33. The Bertz CT molecular complexity index is 421. The summed E-state index contributed by atoms with van der Waals surface area (Å²) in [6, 6.07) is 2.69. The second-order valence-corrected chi connectivity index (χ2v) is 3.58. The Labute approximate surface area is 101 Å². The van der Waals surface area contributed by atoms with Crippen molar-refractivity contribution in [2.24, 2.45) is 0 Å². The van der Waals surface area contributed by atoms with Crippen LogP contribution in [-0.4, -0.2) is 19.6 Å². The average molecular weight is 268 g/mol. The van der Waals surface area contributed by atoms with Gasteiger partial charge in [0.15, 0.2) is 0 Å². The molecular formula is C10H9ClF3NO2. The van der Waals surface area contributed by atoms with Gasteiger partial charge in [-0.2, -0.15) is 13.2 Å². The van der Waals surface area contributed by atoms with Crippen LogP contribution in [0.1, 0.15) is 5.56 Å². The number of benzene rings is 1. The van der Waals surface area contributed by atoms with Crippen molar-refractivity contribution in [2.75, 3.05) is 19.0 Å². The summed E-state index contributed by atoms with van der Waals surface area (Å²) in [6.45, 7) is -0.257. The van der Waals surface area contributed by atoms with Crippen LogP contribution in [0.2, 0.25) is 5.02 Å². The van der Waals surface area contributed by atoms with E-state index in [1.807, 2.05) is 0 Å². The van der Waals surface area contributed by atoms with E-state index in [1.165, 1.54) is 7.11 Å². The van der Waals surface area contributed by atoms with Crippen LogP contribution in [0.5, 0.6) is 0 Å².